The molecule has 1 aliphatic carbocycles. The van der Waals surface area contributed by atoms with Gasteiger partial charge in [0.2, 0.25) is 0 Å². The zero-order valence-electron chi connectivity index (χ0n) is 8.11. The quantitative estimate of drug-likeness (QED) is 0.760. The maximum absolute atomic E-state index is 9.22. The highest BCUT2D eigenvalue weighted by Crippen LogP contribution is 2.42. The predicted octanol–water partition coefficient (Wildman–Crippen LogP) is 4.15. The summed E-state index contributed by atoms with van der Waals surface area (Å²) in [6, 6.07) is 10.5. The molecule has 0 aliphatic heterocycles. The molecule has 0 bridgehead atoms. The third kappa shape index (κ3) is 2.45. The lowest BCUT2D eigenvalue weighted by molar-refractivity contribution is 0.792. The molecule has 0 atom stereocenters. The minimum Gasteiger partial charge on any atom is -0.197 e. The van der Waals surface area contributed by atoms with E-state index in [-0.39, 0.29) is 4.75 Å². The second kappa shape index (κ2) is 4.42. The van der Waals surface area contributed by atoms with Crippen molar-refractivity contribution in [2.24, 2.45) is 0 Å². The molecule has 0 spiro atoms. The fourth-order valence-corrected chi connectivity index (χ4v) is 3.32. The second-order valence-corrected chi connectivity index (χ2v) is 5.92. The Kier molecular flexibility index (Phi) is 3.18. The minimum absolute atomic E-state index is 0.277. The SMILES string of the molecule is N#CC1(Sc2cccc(Br)c2)CC=CC1. The molecular formula is C12H10BrNS. The molecule has 0 radical (unpaired) electrons. The van der Waals surface area contributed by atoms with Gasteiger partial charge in [0.25, 0.3) is 0 Å². The molecule has 0 saturated heterocycles. The fraction of sp³-hybridized carbons (Fsp3) is 0.250. The maximum atomic E-state index is 9.22. The second-order valence-electron chi connectivity index (χ2n) is 3.55. The number of hydrogen-bond donors (Lipinski definition) is 0. The molecule has 1 nitrogen and oxygen atoms in total. The van der Waals surface area contributed by atoms with Crippen LogP contribution in [0.5, 0.6) is 0 Å². The van der Waals surface area contributed by atoms with E-state index in [9.17, 15) is 5.26 Å². The van der Waals surface area contributed by atoms with Gasteiger partial charge in [-0.05, 0) is 31.0 Å². The van der Waals surface area contributed by atoms with Gasteiger partial charge in [-0.25, -0.2) is 0 Å². The topological polar surface area (TPSA) is 23.8 Å². The number of thioether (sulfide) groups is 1. The average Bonchev–Trinajstić information content (AvgIpc) is 2.67. The summed E-state index contributed by atoms with van der Waals surface area (Å²) in [5.41, 5.74) is 0. The van der Waals surface area contributed by atoms with Crippen LogP contribution in [0.15, 0.2) is 45.8 Å². The lowest BCUT2D eigenvalue weighted by Gasteiger charge is -2.19. The highest BCUT2D eigenvalue weighted by atomic mass is 79.9. The van der Waals surface area contributed by atoms with Crippen LogP contribution in [0, 0.1) is 11.3 Å². The number of benzene rings is 1. The first kappa shape index (κ1) is 10.8. The Balaban J connectivity index is 2.18. The summed E-state index contributed by atoms with van der Waals surface area (Å²) in [4.78, 5) is 1.15. The Bertz CT molecular complexity index is 425. The van der Waals surface area contributed by atoms with E-state index in [2.05, 4.69) is 40.2 Å². The molecule has 1 aromatic rings. The number of rotatable bonds is 2. The summed E-state index contributed by atoms with van der Waals surface area (Å²) >= 11 is 5.10. The van der Waals surface area contributed by atoms with Gasteiger partial charge in [-0.1, -0.05) is 34.1 Å². The molecule has 76 valence electrons. The van der Waals surface area contributed by atoms with Gasteiger partial charge < -0.3 is 0 Å². The van der Waals surface area contributed by atoms with Crippen molar-refractivity contribution in [3.63, 3.8) is 0 Å². The summed E-state index contributed by atoms with van der Waals surface area (Å²) in [6.07, 6.45) is 5.88. The molecule has 0 fully saturated rings. The van der Waals surface area contributed by atoms with Crippen LogP contribution in [-0.2, 0) is 0 Å². The van der Waals surface area contributed by atoms with Crippen molar-refractivity contribution in [3.05, 3.63) is 40.9 Å². The lowest BCUT2D eigenvalue weighted by Crippen LogP contribution is -2.16. The van der Waals surface area contributed by atoms with Crippen LogP contribution in [0.25, 0.3) is 0 Å². The van der Waals surface area contributed by atoms with Crippen LogP contribution in [0.1, 0.15) is 12.8 Å². The van der Waals surface area contributed by atoms with E-state index >= 15 is 0 Å². The van der Waals surface area contributed by atoms with Crippen molar-refractivity contribution in [1.82, 2.24) is 0 Å². The Morgan fingerprint density at radius 1 is 1.33 bits per heavy atom. The van der Waals surface area contributed by atoms with Gasteiger partial charge >= 0.3 is 0 Å². The molecule has 0 saturated carbocycles. The Morgan fingerprint density at radius 2 is 2.07 bits per heavy atom. The van der Waals surface area contributed by atoms with Crippen LogP contribution in [0.4, 0.5) is 0 Å². The molecule has 0 heterocycles. The Labute approximate surface area is 102 Å². The van der Waals surface area contributed by atoms with Gasteiger partial charge in [-0.2, -0.15) is 5.26 Å². The maximum Gasteiger partial charge on any atom is 0.114 e. The third-order valence-corrected chi connectivity index (χ3v) is 4.17. The van der Waals surface area contributed by atoms with Crippen LogP contribution in [0.3, 0.4) is 0 Å². The number of hydrogen-bond acceptors (Lipinski definition) is 2. The van der Waals surface area contributed by atoms with Crippen molar-refractivity contribution in [1.29, 1.82) is 5.26 Å². The van der Waals surface area contributed by atoms with E-state index in [0.29, 0.717) is 0 Å². The van der Waals surface area contributed by atoms with E-state index in [4.69, 9.17) is 0 Å². The molecule has 0 N–H and O–H groups in total. The molecule has 15 heavy (non-hydrogen) atoms. The highest BCUT2D eigenvalue weighted by Gasteiger charge is 2.32. The molecule has 1 aromatic carbocycles. The van der Waals surface area contributed by atoms with Gasteiger partial charge in [-0.15, -0.1) is 11.8 Å². The summed E-state index contributed by atoms with van der Waals surface area (Å²) in [5.74, 6) is 0. The van der Waals surface area contributed by atoms with Gasteiger partial charge in [0.05, 0.1) is 6.07 Å². The Hall–Kier alpha value is -0.720. The van der Waals surface area contributed by atoms with Gasteiger partial charge in [0.15, 0.2) is 0 Å². The van der Waals surface area contributed by atoms with Crippen molar-refractivity contribution in [2.45, 2.75) is 22.5 Å². The van der Waals surface area contributed by atoms with Crippen LogP contribution in [0.2, 0.25) is 0 Å². The van der Waals surface area contributed by atoms with E-state index < -0.39 is 0 Å². The largest absolute Gasteiger partial charge is 0.197 e. The average molecular weight is 280 g/mol. The molecule has 1 aliphatic rings. The zero-order valence-corrected chi connectivity index (χ0v) is 10.5. The van der Waals surface area contributed by atoms with E-state index in [1.807, 2.05) is 18.2 Å². The number of nitrogens with zero attached hydrogens (tertiary/aromatic N) is 1. The summed E-state index contributed by atoms with van der Waals surface area (Å²) in [5, 5.41) is 9.22. The minimum atomic E-state index is -0.277. The summed E-state index contributed by atoms with van der Waals surface area (Å²) in [6.45, 7) is 0. The van der Waals surface area contributed by atoms with E-state index in [0.717, 1.165) is 22.2 Å². The van der Waals surface area contributed by atoms with E-state index in [1.165, 1.54) is 0 Å². The van der Waals surface area contributed by atoms with Gasteiger partial charge in [0.1, 0.15) is 4.75 Å². The standard InChI is InChI=1S/C12H10BrNS/c13-10-4-3-5-11(8-10)15-12(9-14)6-1-2-7-12/h1-5,8H,6-7H2. The first-order chi connectivity index (χ1) is 7.24. The third-order valence-electron chi connectivity index (χ3n) is 2.37. The van der Waals surface area contributed by atoms with Crippen molar-refractivity contribution < 1.29 is 0 Å². The zero-order chi connectivity index (χ0) is 10.7. The lowest BCUT2D eigenvalue weighted by atomic mass is 10.1. The Morgan fingerprint density at radius 3 is 2.67 bits per heavy atom. The summed E-state index contributed by atoms with van der Waals surface area (Å²) < 4.78 is 0.785. The number of allylic oxidation sites excluding steroid dienone is 2. The van der Waals surface area contributed by atoms with Crippen molar-refractivity contribution in [3.8, 4) is 6.07 Å². The van der Waals surface area contributed by atoms with Gasteiger partial charge in [0, 0.05) is 9.37 Å². The first-order valence-corrected chi connectivity index (χ1v) is 6.36. The van der Waals surface area contributed by atoms with Crippen molar-refractivity contribution >= 4 is 27.7 Å². The molecular weight excluding hydrogens is 270 g/mol. The van der Waals surface area contributed by atoms with Crippen LogP contribution >= 0.6 is 27.7 Å². The molecule has 2 rings (SSSR count). The number of nitriles is 1. The van der Waals surface area contributed by atoms with Crippen molar-refractivity contribution in [2.75, 3.05) is 0 Å². The highest BCUT2D eigenvalue weighted by molar-refractivity contribution is 9.10. The van der Waals surface area contributed by atoms with Gasteiger partial charge in [-0.3, -0.25) is 0 Å². The van der Waals surface area contributed by atoms with E-state index in [1.54, 1.807) is 11.8 Å². The normalized spacial score (nSPS) is 17.6. The number of halogens is 1. The van der Waals surface area contributed by atoms with Crippen LogP contribution < -0.4 is 0 Å². The monoisotopic (exact) mass is 279 g/mol. The molecule has 3 heteroatoms. The van der Waals surface area contributed by atoms with Crippen LogP contribution in [-0.4, -0.2) is 4.75 Å². The molecule has 0 unspecified atom stereocenters. The smallest absolute Gasteiger partial charge is 0.114 e. The molecule has 0 aromatic heterocycles. The summed E-state index contributed by atoms with van der Waals surface area (Å²) in [7, 11) is 0. The first-order valence-electron chi connectivity index (χ1n) is 4.75. The fourth-order valence-electron chi connectivity index (χ4n) is 1.58. The predicted molar refractivity (Wildman–Crippen MR) is 66.7 cm³/mol. The molecule has 0 amide bonds.